The van der Waals surface area contributed by atoms with Gasteiger partial charge in [0, 0.05) is 6.08 Å². The summed E-state index contributed by atoms with van der Waals surface area (Å²) in [5.74, 6) is 0. The predicted octanol–water partition coefficient (Wildman–Crippen LogP) is 3.55. The van der Waals surface area contributed by atoms with Crippen LogP contribution in [0.5, 0.6) is 0 Å². The van der Waals surface area contributed by atoms with E-state index >= 15 is 0 Å². The third kappa shape index (κ3) is 3.28. The van der Waals surface area contributed by atoms with Gasteiger partial charge in [-0.1, -0.05) is 60.7 Å². The van der Waals surface area contributed by atoms with E-state index < -0.39 is 0 Å². The lowest BCUT2D eigenvalue weighted by Gasteiger charge is -2.00. The number of hydrogen-bond donors (Lipinski definition) is 0. The number of rotatable bonds is 4. The van der Waals surface area contributed by atoms with Gasteiger partial charge >= 0.3 is 0 Å². The molecule has 18 heavy (non-hydrogen) atoms. The Balaban J connectivity index is 2.25. The van der Waals surface area contributed by atoms with Crippen molar-refractivity contribution in [1.29, 1.82) is 0 Å². The molecule has 0 heterocycles. The molecule has 0 aromatic heterocycles. The van der Waals surface area contributed by atoms with Crippen LogP contribution in [0.1, 0.15) is 11.1 Å². The van der Waals surface area contributed by atoms with Crippen LogP contribution in [0.3, 0.4) is 0 Å². The second-order valence-corrected chi connectivity index (χ2v) is 3.97. The second kappa shape index (κ2) is 5.77. The minimum atomic E-state index is -0.319. The van der Waals surface area contributed by atoms with Crippen LogP contribution in [0.25, 0.3) is 6.08 Å². The fraction of sp³-hybridized carbons (Fsp3) is 0.0667. The van der Waals surface area contributed by atoms with Gasteiger partial charge in [0.2, 0.25) is 0 Å². The summed E-state index contributed by atoms with van der Waals surface area (Å²) in [7, 11) is 0. The van der Waals surface area contributed by atoms with Crippen LogP contribution >= 0.6 is 0 Å². The molecule has 0 unspecified atom stereocenters. The maximum absolute atomic E-state index is 11.0. The fourth-order valence-electron chi connectivity index (χ4n) is 1.71. The molecule has 0 atom stereocenters. The molecule has 0 radical (unpaired) electrons. The molecule has 3 nitrogen and oxygen atoms in total. The van der Waals surface area contributed by atoms with Crippen molar-refractivity contribution in [3.63, 3.8) is 0 Å². The molecule has 90 valence electrons. The lowest BCUT2D eigenvalue weighted by Crippen LogP contribution is -2.02. The normalized spacial score (nSPS) is 11.2. The first-order valence-electron chi connectivity index (χ1n) is 5.69. The van der Waals surface area contributed by atoms with Gasteiger partial charge in [0.05, 0.1) is 11.3 Å². The van der Waals surface area contributed by atoms with Gasteiger partial charge in [0.25, 0.3) is 5.70 Å². The van der Waals surface area contributed by atoms with Gasteiger partial charge in [0.1, 0.15) is 0 Å². The number of nitro groups is 1. The highest BCUT2D eigenvalue weighted by Gasteiger charge is 2.11. The van der Waals surface area contributed by atoms with Crippen molar-refractivity contribution in [2.75, 3.05) is 0 Å². The molecule has 0 amide bonds. The summed E-state index contributed by atoms with van der Waals surface area (Å²) in [6, 6.07) is 18.8. The monoisotopic (exact) mass is 239 g/mol. The zero-order chi connectivity index (χ0) is 12.8. The summed E-state index contributed by atoms with van der Waals surface area (Å²) >= 11 is 0. The first-order chi connectivity index (χ1) is 8.75. The van der Waals surface area contributed by atoms with Crippen LogP contribution in [0, 0.1) is 10.1 Å². The maximum Gasteiger partial charge on any atom is 0.251 e. The van der Waals surface area contributed by atoms with Gasteiger partial charge in [-0.2, -0.15) is 0 Å². The highest BCUT2D eigenvalue weighted by molar-refractivity contribution is 5.51. The third-order valence-corrected chi connectivity index (χ3v) is 2.60. The van der Waals surface area contributed by atoms with Crippen molar-refractivity contribution < 1.29 is 4.92 Å². The lowest BCUT2D eigenvalue weighted by atomic mass is 10.1. The Morgan fingerprint density at radius 2 is 1.56 bits per heavy atom. The predicted molar refractivity (Wildman–Crippen MR) is 71.6 cm³/mol. The Kier molecular flexibility index (Phi) is 3.86. The van der Waals surface area contributed by atoms with Crippen LogP contribution in [-0.4, -0.2) is 4.92 Å². The summed E-state index contributed by atoms with van der Waals surface area (Å²) in [6.07, 6.45) is 1.95. The van der Waals surface area contributed by atoms with Gasteiger partial charge in [-0.05, 0) is 11.1 Å². The molecule has 0 aliphatic heterocycles. The van der Waals surface area contributed by atoms with E-state index in [1.807, 2.05) is 60.7 Å². The quantitative estimate of drug-likeness (QED) is 0.605. The van der Waals surface area contributed by atoms with Crippen LogP contribution in [0.15, 0.2) is 66.4 Å². The molecule has 2 rings (SSSR count). The van der Waals surface area contributed by atoms with Crippen molar-refractivity contribution in [3.8, 4) is 0 Å². The van der Waals surface area contributed by atoms with E-state index in [9.17, 15) is 10.1 Å². The average molecular weight is 239 g/mol. The van der Waals surface area contributed by atoms with Crippen molar-refractivity contribution in [2.24, 2.45) is 0 Å². The lowest BCUT2D eigenvalue weighted by molar-refractivity contribution is -0.425. The second-order valence-electron chi connectivity index (χ2n) is 3.97. The van der Waals surface area contributed by atoms with E-state index in [4.69, 9.17) is 0 Å². The molecule has 0 N–H and O–H groups in total. The Hall–Kier alpha value is -2.42. The van der Waals surface area contributed by atoms with Crippen molar-refractivity contribution in [1.82, 2.24) is 0 Å². The molecule has 0 aliphatic carbocycles. The van der Waals surface area contributed by atoms with E-state index in [2.05, 4.69) is 0 Å². The SMILES string of the molecule is O=[N+]([O-])/C(=C/c1ccccc1)Cc1ccccc1. The Bertz CT molecular complexity index is 547. The number of benzene rings is 2. The topological polar surface area (TPSA) is 43.1 Å². The highest BCUT2D eigenvalue weighted by Crippen LogP contribution is 2.13. The molecular formula is C15H13NO2. The molecule has 0 spiro atoms. The maximum atomic E-state index is 11.0. The summed E-state index contributed by atoms with van der Waals surface area (Å²) in [4.78, 5) is 10.7. The Morgan fingerprint density at radius 1 is 1.00 bits per heavy atom. The van der Waals surface area contributed by atoms with Crippen molar-refractivity contribution >= 4 is 6.08 Å². The van der Waals surface area contributed by atoms with Crippen LogP contribution in [0.2, 0.25) is 0 Å². The van der Waals surface area contributed by atoms with Gasteiger partial charge in [-0.3, -0.25) is 10.1 Å². The van der Waals surface area contributed by atoms with E-state index in [1.54, 1.807) is 6.08 Å². The van der Waals surface area contributed by atoms with Crippen LogP contribution < -0.4 is 0 Å². The average Bonchev–Trinajstić information content (AvgIpc) is 2.40. The van der Waals surface area contributed by atoms with E-state index in [0.29, 0.717) is 6.42 Å². The molecule has 2 aromatic rings. The molecular weight excluding hydrogens is 226 g/mol. The van der Waals surface area contributed by atoms with E-state index in [0.717, 1.165) is 11.1 Å². The minimum absolute atomic E-state index is 0.201. The minimum Gasteiger partial charge on any atom is -0.259 e. The molecule has 3 heteroatoms. The summed E-state index contributed by atoms with van der Waals surface area (Å²) < 4.78 is 0. The Labute approximate surface area is 106 Å². The zero-order valence-electron chi connectivity index (χ0n) is 9.82. The largest absolute Gasteiger partial charge is 0.259 e. The molecule has 2 aromatic carbocycles. The van der Waals surface area contributed by atoms with Gasteiger partial charge in [0.15, 0.2) is 0 Å². The molecule has 0 saturated carbocycles. The molecule has 0 saturated heterocycles. The first-order valence-corrected chi connectivity index (χ1v) is 5.69. The molecule has 0 fully saturated rings. The number of nitrogens with zero attached hydrogens (tertiary/aromatic N) is 1. The van der Waals surface area contributed by atoms with Crippen LogP contribution in [0.4, 0.5) is 0 Å². The summed E-state index contributed by atoms with van der Waals surface area (Å²) in [5, 5.41) is 11.0. The first kappa shape index (κ1) is 12.0. The van der Waals surface area contributed by atoms with Crippen LogP contribution in [-0.2, 0) is 6.42 Å². The number of allylic oxidation sites excluding steroid dienone is 1. The van der Waals surface area contributed by atoms with Gasteiger partial charge in [-0.15, -0.1) is 0 Å². The third-order valence-electron chi connectivity index (χ3n) is 2.60. The fourth-order valence-corrected chi connectivity index (χ4v) is 1.71. The number of hydrogen-bond acceptors (Lipinski definition) is 2. The van der Waals surface area contributed by atoms with E-state index in [1.165, 1.54) is 0 Å². The smallest absolute Gasteiger partial charge is 0.251 e. The Morgan fingerprint density at radius 3 is 2.11 bits per heavy atom. The van der Waals surface area contributed by atoms with Gasteiger partial charge < -0.3 is 0 Å². The molecule has 0 aliphatic rings. The summed E-state index contributed by atoms with van der Waals surface area (Å²) in [5.41, 5.74) is 1.99. The molecule has 0 bridgehead atoms. The highest BCUT2D eigenvalue weighted by atomic mass is 16.6. The van der Waals surface area contributed by atoms with E-state index in [-0.39, 0.29) is 10.6 Å². The van der Waals surface area contributed by atoms with Crippen molar-refractivity contribution in [3.05, 3.63) is 87.6 Å². The zero-order valence-corrected chi connectivity index (χ0v) is 9.82. The van der Waals surface area contributed by atoms with Gasteiger partial charge in [-0.25, -0.2) is 0 Å². The summed E-state index contributed by atoms with van der Waals surface area (Å²) in [6.45, 7) is 0. The standard InChI is InChI=1S/C15H13NO2/c17-16(18)15(11-13-7-3-1-4-8-13)12-14-9-5-2-6-10-14/h1-11H,12H2/b15-11+. The van der Waals surface area contributed by atoms with Crippen molar-refractivity contribution in [2.45, 2.75) is 6.42 Å².